The van der Waals surface area contributed by atoms with Crippen LogP contribution in [0.4, 0.5) is 0 Å². The van der Waals surface area contributed by atoms with Crippen LogP contribution < -0.4 is 0 Å². The number of hydrogen-bond acceptors (Lipinski definition) is 2. The molecule has 2 aromatic carbocycles. The first-order chi connectivity index (χ1) is 11.9. The van der Waals surface area contributed by atoms with Crippen LogP contribution >= 0.6 is 0 Å². The topological polar surface area (TPSA) is 34.1 Å². The molecule has 0 bridgehead atoms. The third-order valence-corrected chi connectivity index (χ3v) is 4.27. The fourth-order valence-corrected chi connectivity index (χ4v) is 2.52. The van der Waals surface area contributed by atoms with Gasteiger partial charge in [-0.2, -0.15) is 0 Å². The van der Waals surface area contributed by atoms with Crippen molar-refractivity contribution < 1.29 is 9.59 Å². The summed E-state index contributed by atoms with van der Waals surface area (Å²) in [5.41, 5.74) is 5.69. The van der Waals surface area contributed by atoms with E-state index in [9.17, 15) is 9.59 Å². The molecule has 25 heavy (non-hydrogen) atoms. The van der Waals surface area contributed by atoms with Crippen molar-refractivity contribution in [2.45, 2.75) is 34.1 Å². The molecule has 0 aliphatic rings. The fourth-order valence-electron chi connectivity index (χ4n) is 2.52. The number of benzene rings is 2. The van der Waals surface area contributed by atoms with Gasteiger partial charge >= 0.3 is 0 Å². The van der Waals surface area contributed by atoms with Crippen molar-refractivity contribution in [3.8, 4) is 0 Å². The van der Waals surface area contributed by atoms with Crippen LogP contribution in [0.15, 0.2) is 60.2 Å². The quantitative estimate of drug-likeness (QED) is 0.669. The number of aryl methyl sites for hydroxylation is 2. The summed E-state index contributed by atoms with van der Waals surface area (Å²) in [5, 5.41) is 0. The molecule has 0 unspecified atom stereocenters. The second kappa shape index (κ2) is 8.39. The summed E-state index contributed by atoms with van der Waals surface area (Å²) in [6.45, 7) is 7.37. The van der Waals surface area contributed by atoms with Gasteiger partial charge in [0.25, 0.3) is 0 Å². The van der Waals surface area contributed by atoms with Crippen LogP contribution in [0.2, 0.25) is 0 Å². The molecule has 0 N–H and O–H groups in total. The Hall–Kier alpha value is -2.74. The molecule has 2 rings (SSSR count). The van der Waals surface area contributed by atoms with E-state index < -0.39 is 0 Å². The third-order valence-electron chi connectivity index (χ3n) is 4.27. The molecule has 0 saturated carbocycles. The van der Waals surface area contributed by atoms with E-state index >= 15 is 0 Å². The van der Waals surface area contributed by atoms with Crippen LogP contribution in [0.25, 0.3) is 11.6 Å². The van der Waals surface area contributed by atoms with E-state index in [4.69, 9.17) is 0 Å². The van der Waals surface area contributed by atoms with Crippen molar-refractivity contribution in [3.05, 3.63) is 82.4 Å². The van der Waals surface area contributed by atoms with Crippen molar-refractivity contribution in [1.82, 2.24) is 0 Å². The molecule has 0 aliphatic carbocycles. The molecular formula is C23H24O2. The van der Waals surface area contributed by atoms with Crippen LogP contribution in [-0.2, 0) is 9.59 Å². The maximum absolute atomic E-state index is 12.4. The van der Waals surface area contributed by atoms with Crippen molar-refractivity contribution in [2.75, 3.05) is 0 Å². The van der Waals surface area contributed by atoms with Crippen molar-refractivity contribution >= 4 is 23.2 Å². The summed E-state index contributed by atoms with van der Waals surface area (Å²) in [5.74, 6) is -0.0253. The Morgan fingerprint density at radius 3 is 1.88 bits per heavy atom. The normalized spacial score (nSPS) is 12.2. The van der Waals surface area contributed by atoms with Gasteiger partial charge in [-0.25, -0.2) is 0 Å². The van der Waals surface area contributed by atoms with E-state index in [-0.39, 0.29) is 18.0 Å². The zero-order valence-electron chi connectivity index (χ0n) is 15.3. The number of hydrogen-bond donors (Lipinski definition) is 0. The standard InChI is InChI=1S/C23H24O2/c1-16-5-9-20(10-6-16)11-14-22(25)15-23(18(3)19(4)24)21-12-7-17(2)8-13-21/h5-14H,15H2,1-4H3. The molecule has 0 aliphatic heterocycles. The first kappa shape index (κ1) is 18.6. The van der Waals surface area contributed by atoms with Crippen molar-refractivity contribution in [1.29, 1.82) is 0 Å². The predicted octanol–water partition coefficient (Wildman–Crippen LogP) is 5.34. The minimum Gasteiger partial charge on any atom is -0.295 e. The van der Waals surface area contributed by atoms with Gasteiger partial charge in [0.05, 0.1) is 0 Å². The second-order valence-electron chi connectivity index (χ2n) is 6.41. The molecule has 0 atom stereocenters. The highest BCUT2D eigenvalue weighted by Gasteiger charge is 2.12. The van der Waals surface area contributed by atoms with Crippen LogP contribution in [0, 0.1) is 13.8 Å². The van der Waals surface area contributed by atoms with Gasteiger partial charge in [-0.05, 0) is 56.0 Å². The molecule has 0 amide bonds. The summed E-state index contributed by atoms with van der Waals surface area (Å²) < 4.78 is 0. The van der Waals surface area contributed by atoms with E-state index in [0.717, 1.165) is 22.3 Å². The molecule has 2 heteroatoms. The number of ketones is 2. The monoisotopic (exact) mass is 332 g/mol. The Balaban J connectivity index is 2.23. The SMILES string of the molecule is CC(=O)C(C)=C(CC(=O)C=Cc1ccc(C)cc1)c1ccc(C)cc1. The molecule has 0 aromatic heterocycles. The van der Waals surface area contributed by atoms with E-state index in [0.29, 0.717) is 5.57 Å². The molecule has 2 aromatic rings. The van der Waals surface area contributed by atoms with Gasteiger partial charge in [-0.1, -0.05) is 65.7 Å². The summed E-state index contributed by atoms with van der Waals surface area (Å²) in [6.07, 6.45) is 3.63. The van der Waals surface area contributed by atoms with Gasteiger partial charge in [-0.15, -0.1) is 0 Å². The first-order valence-electron chi connectivity index (χ1n) is 8.42. The Bertz CT molecular complexity index is 819. The molecule has 0 spiro atoms. The van der Waals surface area contributed by atoms with E-state index in [1.165, 1.54) is 12.5 Å². The summed E-state index contributed by atoms with van der Waals surface area (Å²) in [7, 11) is 0. The minimum absolute atomic E-state index is 0.00844. The van der Waals surface area contributed by atoms with Crippen molar-refractivity contribution in [3.63, 3.8) is 0 Å². The molecule has 0 radical (unpaired) electrons. The molecule has 128 valence electrons. The largest absolute Gasteiger partial charge is 0.295 e. The maximum atomic E-state index is 12.4. The molecule has 0 heterocycles. The van der Waals surface area contributed by atoms with Crippen LogP contribution in [0.1, 0.15) is 42.5 Å². The highest BCUT2D eigenvalue weighted by molar-refractivity contribution is 6.07. The first-order valence-corrected chi connectivity index (χ1v) is 8.42. The highest BCUT2D eigenvalue weighted by Crippen LogP contribution is 2.24. The predicted molar refractivity (Wildman–Crippen MR) is 104 cm³/mol. The molecule has 0 saturated heterocycles. The summed E-state index contributed by atoms with van der Waals surface area (Å²) in [4.78, 5) is 24.3. The minimum atomic E-state index is -0.0169. The number of rotatable bonds is 6. The van der Waals surface area contributed by atoms with Gasteiger partial charge in [0.15, 0.2) is 11.6 Å². The maximum Gasteiger partial charge on any atom is 0.160 e. The zero-order chi connectivity index (χ0) is 18.4. The average molecular weight is 332 g/mol. The van der Waals surface area contributed by atoms with Crippen molar-refractivity contribution in [2.24, 2.45) is 0 Å². The Morgan fingerprint density at radius 1 is 0.840 bits per heavy atom. The van der Waals surface area contributed by atoms with Gasteiger partial charge < -0.3 is 0 Å². The van der Waals surface area contributed by atoms with E-state index in [2.05, 4.69) is 0 Å². The third kappa shape index (κ3) is 5.39. The molecular weight excluding hydrogens is 308 g/mol. The smallest absolute Gasteiger partial charge is 0.160 e. The fraction of sp³-hybridized carbons (Fsp3) is 0.217. The molecule has 2 nitrogen and oxygen atoms in total. The lowest BCUT2D eigenvalue weighted by atomic mass is 9.93. The van der Waals surface area contributed by atoms with E-state index in [1.807, 2.05) is 68.5 Å². The number of carbonyl (C=O) groups is 2. The Kier molecular flexibility index (Phi) is 6.24. The Morgan fingerprint density at radius 2 is 1.36 bits per heavy atom. The highest BCUT2D eigenvalue weighted by atomic mass is 16.1. The zero-order valence-corrected chi connectivity index (χ0v) is 15.3. The van der Waals surface area contributed by atoms with Gasteiger partial charge in [-0.3, -0.25) is 9.59 Å². The lowest BCUT2D eigenvalue weighted by Gasteiger charge is -2.10. The summed E-state index contributed by atoms with van der Waals surface area (Å²) in [6, 6.07) is 15.9. The van der Waals surface area contributed by atoms with Gasteiger partial charge in [0.2, 0.25) is 0 Å². The Labute approximate surface area is 149 Å². The lowest BCUT2D eigenvalue weighted by Crippen LogP contribution is -2.03. The molecule has 0 fully saturated rings. The number of allylic oxidation sites excluding steroid dienone is 3. The van der Waals surface area contributed by atoms with Gasteiger partial charge in [0, 0.05) is 6.42 Å². The van der Waals surface area contributed by atoms with Crippen LogP contribution in [0.3, 0.4) is 0 Å². The lowest BCUT2D eigenvalue weighted by molar-refractivity contribution is -0.113. The average Bonchev–Trinajstić information content (AvgIpc) is 2.59. The van der Waals surface area contributed by atoms with Crippen LogP contribution in [0.5, 0.6) is 0 Å². The second-order valence-corrected chi connectivity index (χ2v) is 6.41. The number of carbonyl (C=O) groups excluding carboxylic acids is 2. The summed E-state index contributed by atoms with van der Waals surface area (Å²) >= 11 is 0. The van der Waals surface area contributed by atoms with Gasteiger partial charge in [0.1, 0.15) is 0 Å². The van der Waals surface area contributed by atoms with E-state index in [1.54, 1.807) is 13.0 Å². The van der Waals surface area contributed by atoms with Crippen LogP contribution in [-0.4, -0.2) is 11.6 Å². The number of Topliss-reactive ketones (excluding diaryl/α,β-unsaturated/α-hetero) is 1.